The van der Waals surface area contributed by atoms with Gasteiger partial charge in [-0.1, -0.05) is 12.1 Å². The van der Waals surface area contributed by atoms with Crippen LogP contribution in [-0.2, 0) is 16.1 Å². The molecule has 0 saturated carbocycles. The first kappa shape index (κ1) is 13.5. The Bertz CT molecular complexity index is 461. The Labute approximate surface area is 110 Å². The topological polar surface area (TPSA) is 61.4 Å². The zero-order chi connectivity index (χ0) is 13.7. The molecule has 5 nitrogen and oxygen atoms in total. The Morgan fingerprint density at radius 1 is 1.37 bits per heavy atom. The van der Waals surface area contributed by atoms with E-state index in [2.05, 4.69) is 10.6 Å². The molecule has 0 atom stereocenters. The summed E-state index contributed by atoms with van der Waals surface area (Å²) in [7, 11) is 0. The van der Waals surface area contributed by atoms with Gasteiger partial charge in [-0.15, -0.1) is 0 Å². The van der Waals surface area contributed by atoms with Gasteiger partial charge < -0.3 is 10.6 Å². The lowest BCUT2D eigenvalue weighted by atomic mass is 10.2. The van der Waals surface area contributed by atoms with Crippen LogP contribution in [0.4, 0.5) is 4.39 Å². The molecule has 0 bridgehead atoms. The molecule has 1 aliphatic heterocycles. The SMILES string of the molecule is O=C1CN(CC(=O)NCc2ccc(F)cc2)CCN1. The number of benzene rings is 1. The maximum absolute atomic E-state index is 12.7. The zero-order valence-corrected chi connectivity index (χ0v) is 10.5. The summed E-state index contributed by atoms with van der Waals surface area (Å²) in [6.45, 7) is 2.07. The van der Waals surface area contributed by atoms with E-state index >= 15 is 0 Å². The van der Waals surface area contributed by atoms with E-state index < -0.39 is 0 Å². The molecule has 1 aromatic carbocycles. The van der Waals surface area contributed by atoms with Gasteiger partial charge in [0, 0.05) is 19.6 Å². The number of hydrogen-bond acceptors (Lipinski definition) is 3. The second-order valence-electron chi connectivity index (χ2n) is 4.46. The lowest BCUT2D eigenvalue weighted by Crippen LogP contribution is -2.50. The van der Waals surface area contributed by atoms with Gasteiger partial charge in [0.05, 0.1) is 13.1 Å². The van der Waals surface area contributed by atoms with Crippen molar-refractivity contribution in [2.75, 3.05) is 26.2 Å². The summed E-state index contributed by atoms with van der Waals surface area (Å²) in [5, 5.41) is 5.45. The summed E-state index contributed by atoms with van der Waals surface area (Å²) in [4.78, 5) is 24.6. The number of rotatable bonds is 4. The maximum Gasteiger partial charge on any atom is 0.234 e. The highest BCUT2D eigenvalue weighted by Gasteiger charge is 2.18. The average Bonchev–Trinajstić information content (AvgIpc) is 2.38. The van der Waals surface area contributed by atoms with E-state index in [0.717, 1.165) is 5.56 Å². The van der Waals surface area contributed by atoms with E-state index in [9.17, 15) is 14.0 Å². The smallest absolute Gasteiger partial charge is 0.234 e. The van der Waals surface area contributed by atoms with Crippen molar-refractivity contribution in [3.63, 3.8) is 0 Å². The van der Waals surface area contributed by atoms with Crippen LogP contribution in [0.3, 0.4) is 0 Å². The summed E-state index contributed by atoms with van der Waals surface area (Å²) >= 11 is 0. The van der Waals surface area contributed by atoms with Crippen molar-refractivity contribution in [2.24, 2.45) is 0 Å². The van der Waals surface area contributed by atoms with Crippen LogP contribution < -0.4 is 10.6 Å². The van der Waals surface area contributed by atoms with Crippen molar-refractivity contribution in [2.45, 2.75) is 6.54 Å². The summed E-state index contributed by atoms with van der Waals surface area (Å²) in [6, 6.07) is 5.97. The first-order chi connectivity index (χ1) is 9.13. The molecule has 0 spiro atoms. The van der Waals surface area contributed by atoms with Crippen molar-refractivity contribution in [1.29, 1.82) is 0 Å². The molecule has 2 N–H and O–H groups in total. The summed E-state index contributed by atoms with van der Waals surface area (Å²) < 4.78 is 12.7. The van der Waals surface area contributed by atoms with Gasteiger partial charge in [0.25, 0.3) is 0 Å². The van der Waals surface area contributed by atoms with E-state index in [1.54, 1.807) is 17.0 Å². The Morgan fingerprint density at radius 2 is 2.11 bits per heavy atom. The van der Waals surface area contributed by atoms with Crippen LogP contribution in [0.15, 0.2) is 24.3 Å². The third kappa shape index (κ3) is 4.33. The Kier molecular flexibility index (Phi) is 4.46. The van der Waals surface area contributed by atoms with Crippen LogP contribution in [0, 0.1) is 5.82 Å². The molecule has 0 aromatic heterocycles. The van der Waals surface area contributed by atoms with Crippen LogP contribution in [0.5, 0.6) is 0 Å². The van der Waals surface area contributed by atoms with Gasteiger partial charge >= 0.3 is 0 Å². The molecule has 0 radical (unpaired) electrons. The van der Waals surface area contributed by atoms with Gasteiger partial charge in [0.15, 0.2) is 0 Å². The second-order valence-corrected chi connectivity index (χ2v) is 4.46. The Morgan fingerprint density at radius 3 is 2.79 bits per heavy atom. The lowest BCUT2D eigenvalue weighted by molar-refractivity contribution is -0.127. The number of hydrogen-bond donors (Lipinski definition) is 2. The number of carbonyl (C=O) groups is 2. The molecular weight excluding hydrogens is 249 g/mol. The van der Waals surface area contributed by atoms with E-state index in [-0.39, 0.29) is 30.7 Å². The van der Waals surface area contributed by atoms with E-state index in [4.69, 9.17) is 0 Å². The van der Waals surface area contributed by atoms with E-state index in [0.29, 0.717) is 19.6 Å². The molecule has 1 aromatic rings. The maximum atomic E-state index is 12.7. The molecule has 2 rings (SSSR count). The Balaban J connectivity index is 1.75. The van der Waals surface area contributed by atoms with Crippen molar-refractivity contribution < 1.29 is 14.0 Å². The van der Waals surface area contributed by atoms with Crippen LogP contribution in [0.2, 0.25) is 0 Å². The summed E-state index contributed by atoms with van der Waals surface area (Å²) in [5.41, 5.74) is 0.839. The predicted molar refractivity (Wildman–Crippen MR) is 67.7 cm³/mol. The van der Waals surface area contributed by atoms with Crippen molar-refractivity contribution >= 4 is 11.8 Å². The number of nitrogens with zero attached hydrogens (tertiary/aromatic N) is 1. The van der Waals surface area contributed by atoms with Gasteiger partial charge in [-0.25, -0.2) is 4.39 Å². The molecule has 0 aliphatic carbocycles. The number of nitrogens with one attached hydrogen (secondary N) is 2. The van der Waals surface area contributed by atoms with Gasteiger partial charge in [0.2, 0.25) is 11.8 Å². The van der Waals surface area contributed by atoms with Crippen molar-refractivity contribution in [1.82, 2.24) is 15.5 Å². The molecule has 1 heterocycles. The van der Waals surface area contributed by atoms with Crippen LogP contribution >= 0.6 is 0 Å². The number of amides is 2. The van der Waals surface area contributed by atoms with Crippen molar-refractivity contribution in [3.8, 4) is 0 Å². The van der Waals surface area contributed by atoms with Gasteiger partial charge in [-0.3, -0.25) is 14.5 Å². The number of carbonyl (C=O) groups excluding carboxylic acids is 2. The molecule has 19 heavy (non-hydrogen) atoms. The average molecular weight is 265 g/mol. The zero-order valence-electron chi connectivity index (χ0n) is 10.5. The number of piperazine rings is 1. The third-order valence-corrected chi connectivity index (χ3v) is 2.89. The van der Waals surface area contributed by atoms with Crippen LogP contribution in [-0.4, -0.2) is 42.9 Å². The minimum atomic E-state index is -0.297. The standard InChI is InChI=1S/C13H16FN3O2/c14-11-3-1-10(2-4-11)7-16-13(19)9-17-6-5-15-12(18)8-17/h1-4H,5-9H2,(H,15,18)(H,16,19). The van der Waals surface area contributed by atoms with Crippen LogP contribution in [0.25, 0.3) is 0 Å². The molecule has 0 unspecified atom stereocenters. The fraction of sp³-hybridized carbons (Fsp3) is 0.385. The largest absolute Gasteiger partial charge is 0.354 e. The third-order valence-electron chi connectivity index (χ3n) is 2.89. The van der Waals surface area contributed by atoms with E-state index in [1.807, 2.05) is 0 Å². The molecule has 2 amide bonds. The van der Waals surface area contributed by atoms with Crippen molar-refractivity contribution in [3.05, 3.63) is 35.6 Å². The first-order valence-electron chi connectivity index (χ1n) is 6.14. The first-order valence-corrected chi connectivity index (χ1v) is 6.14. The second kappa shape index (κ2) is 6.29. The predicted octanol–water partition coefficient (Wildman–Crippen LogP) is -0.126. The molecule has 1 aliphatic rings. The van der Waals surface area contributed by atoms with E-state index in [1.165, 1.54) is 12.1 Å². The molecular formula is C13H16FN3O2. The Hall–Kier alpha value is -1.95. The normalized spacial score (nSPS) is 15.9. The molecule has 1 fully saturated rings. The summed E-state index contributed by atoms with van der Waals surface area (Å²) in [5.74, 6) is -0.494. The van der Waals surface area contributed by atoms with Gasteiger partial charge in [-0.05, 0) is 17.7 Å². The highest BCUT2D eigenvalue weighted by Crippen LogP contribution is 2.02. The molecule has 6 heteroatoms. The van der Waals surface area contributed by atoms with Gasteiger partial charge in [0.1, 0.15) is 5.82 Å². The fourth-order valence-corrected chi connectivity index (χ4v) is 1.89. The van der Waals surface area contributed by atoms with Crippen LogP contribution in [0.1, 0.15) is 5.56 Å². The quantitative estimate of drug-likeness (QED) is 0.797. The fourth-order valence-electron chi connectivity index (χ4n) is 1.89. The highest BCUT2D eigenvalue weighted by molar-refractivity contribution is 5.81. The minimum absolute atomic E-state index is 0.0578. The minimum Gasteiger partial charge on any atom is -0.354 e. The monoisotopic (exact) mass is 265 g/mol. The molecule has 102 valence electrons. The lowest BCUT2D eigenvalue weighted by Gasteiger charge is -2.25. The number of halogens is 1. The molecule has 1 saturated heterocycles. The van der Waals surface area contributed by atoms with Gasteiger partial charge in [-0.2, -0.15) is 0 Å². The summed E-state index contributed by atoms with van der Waals surface area (Å²) in [6.07, 6.45) is 0. The highest BCUT2D eigenvalue weighted by atomic mass is 19.1.